The smallest absolute Gasteiger partial charge is 0.286 e. The Labute approximate surface area is 207 Å². The zero-order chi connectivity index (χ0) is 23.8. The number of aliphatic imine (C=N–C) groups is 1. The number of halogens is 1. The van der Waals surface area contributed by atoms with Gasteiger partial charge in [-0.05, 0) is 72.6 Å². The lowest BCUT2D eigenvalue weighted by molar-refractivity contribution is -0.113. The van der Waals surface area contributed by atoms with E-state index in [0.717, 1.165) is 45.8 Å². The lowest BCUT2D eigenvalue weighted by Crippen LogP contribution is -2.53. The maximum absolute atomic E-state index is 12.6. The first-order valence-corrected chi connectivity index (χ1v) is 12.4. The maximum Gasteiger partial charge on any atom is 0.286 e. The van der Waals surface area contributed by atoms with E-state index in [2.05, 4.69) is 34.3 Å². The number of nitrogens with zero attached hydrogens (tertiary/aromatic N) is 4. The molecular formula is C25H26ClN5O2S. The Morgan fingerprint density at radius 2 is 2.12 bits per heavy atom. The predicted molar refractivity (Wildman–Crippen MR) is 138 cm³/mol. The average molecular weight is 496 g/mol. The van der Waals surface area contributed by atoms with Gasteiger partial charge in [0.15, 0.2) is 5.17 Å². The van der Waals surface area contributed by atoms with E-state index >= 15 is 0 Å². The van der Waals surface area contributed by atoms with Crippen molar-refractivity contribution in [2.75, 3.05) is 26.2 Å². The third kappa shape index (κ3) is 4.63. The van der Waals surface area contributed by atoms with Crippen LogP contribution in [0.15, 0.2) is 46.3 Å². The van der Waals surface area contributed by atoms with E-state index in [1.54, 1.807) is 0 Å². The number of carbonyl (C=O) groups is 1. The number of thioether (sulfide) groups is 1. The molecule has 3 heterocycles. The van der Waals surface area contributed by atoms with Crippen molar-refractivity contribution < 1.29 is 9.90 Å². The lowest BCUT2D eigenvalue weighted by atomic mass is 10.1. The van der Waals surface area contributed by atoms with E-state index < -0.39 is 0 Å². The van der Waals surface area contributed by atoms with Crippen molar-refractivity contribution in [1.82, 2.24) is 20.0 Å². The molecule has 1 fully saturated rings. The van der Waals surface area contributed by atoms with Crippen molar-refractivity contribution >= 4 is 51.4 Å². The highest BCUT2D eigenvalue weighted by atomic mass is 35.5. The van der Waals surface area contributed by atoms with Crippen molar-refractivity contribution in [1.29, 1.82) is 0 Å². The SMILES string of the molecule is Cc1cc(Cl)ccc1Cn1nc(C)c2cc(/C=C3\SC(N4CCN[C@H](CO)C4)=NC3=O)ccc21. The molecule has 176 valence electrons. The predicted octanol–water partition coefficient (Wildman–Crippen LogP) is 3.59. The molecule has 0 aliphatic carbocycles. The third-order valence-electron chi connectivity index (χ3n) is 6.24. The van der Waals surface area contributed by atoms with Crippen LogP contribution in [0, 0.1) is 13.8 Å². The lowest BCUT2D eigenvalue weighted by Gasteiger charge is -2.33. The molecule has 5 rings (SSSR count). The number of amidine groups is 1. The van der Waals surface area contributed by atoms with Crippen LogP contribution in [0.2, 0.25) is 5.02 Å². The van der Waals surface area contributed by atoms with Crippen molar-refractivity contribution in [3.63, 3.8) is 0 Å². The summed E-state index contributed by atoms with van der Waals surface area (Å²) in [5.41, 5.74) is 5.25. The van der Waals surface area contributed by atoms with Gasteiger partial charge in [0.1, 0.15) is 0 Å². The topological polar surface area (TPSA) is 82.8 Å². The molecule has 1 aromatic heterocycles. The summed E-state index contributed by atoms with van der Waals surface area (Å²) in [5.74, 6) is -0.218. The first-order valence-electron chi connectivity index (χ1n) is 11.2. The zero-order valence-electron chi connectivity index (χ0n) is 19.1. The molecule has 1 atom stereocenters. The van der Waals surface area contributed by atoms with Gasteiger partial charge in [0, 0.05) is 36.1 Å². The van der Waals surface area contributed by atoms with Gasteiger partial charge in [-0.3, -0.25) is 9.48 Å². The van der Waals surface area contributed by atoms with E-state index in [1.807, 2.05) is 41.9 Å². The van der Waals surface area contributed by atoms with Gasteiger partial charge in [0.2, 0.25) is 0 Å². The Balaban J connectivity index is 1.37. The van der Waals surface area contributed by atoms with Crippen LogP contribution in [0.1, 0.15) is 22.4 Å². The third-order valence-corrected chi connectivity index (χ3v) is 7.52. The number of nitrogens with one attached hydrogen (secondary N) is 1. The number of hydrogen-bond acceptors (Lipinski definition) is 6. The van der Waals surface area contributed by atoms with Gasteiger partial charge in [0.25, 0.3) is 5.91 Å². The Morgan fingerprint density at radius 1 is 1.26 bits per heavy atom. The normalized spacial score (nSPS) is 19.9. The fourth-order valence-electron chi connectivity index (χ4n) is 4.37. The van der Waals surface area contributed by atoms with Crippen LogP contribution >= 0.6 is 23.4 Å². The van der Waals surface area contributed by atoms with E-state index in [-0.39, 0.29) is 18.6 Å². The number of hydrogen-bond donors (Lipinski definition) is 2. The number of carbonyl (C=O) groups excluding carboxylic acids is 1. The van der Waals surface area contributed by atoms with Crippen molar-refractivity contribution in [3.05, 3.63) is 68.7 Å². The summed E-state index contributed by atoms with van der Waals surface area (Å²) in [6.07, 6.45) is 1.90. The second-order valence-electron chi connectivity index (χ2n) is 8.68. The van der Waals surface area contributed by atoms with E-state index in [1.165, 1.54) is 17.3 Å². The molecule has 2 aromatic carbocycles. The van der Waals surface area contributed by atoms with Gasteiger partial charge in [-0.15, -0.1) is 0 Å². The van der Waals surface area contributed by atoms with Crippen LogP contribution in [0.25, 0.3) is 17.0 Å². The zero-order valence-corrected chi connectivity index (χ0v) is 20.7. The molecule has 3 aromatic rings. The Morgan fingerprint density at radius 3 is 2.91 bits per heavy atom. The second kappa shape index (κ2) is 9.54. The molecule has 2 aliphatic heterocycles. The number of aliphatic hydroxyl groups excluding tert-OH is 1. The van der Waals surface area contributed by atoms with Gasteiger partial charge in [-0.25, -0.2) is 0 Å². The van der Waals surface area contributed by atoms with Gasteiger partial charge in [0.05, 0.1) is 29.3 Å². The molecule has 1 amide bonds. The minimum absolute atomic E-state index is 0.00115. The Hall–Kier alpha value is -2.65. The molecule has 7 nitrogen and oxygen atoms in total. The highest BCUT2D eigenvalue weighted by Gasteiger charge is 2.29. The molecule has 0 unspecified atom stereocenters. The number of rotatable bonds is 4. The van der Waals surface area contributed by atoms with Gasteiger partial charge in [-0.1, -0.05) is 23.7 Å². The van der Waals surface area contributed by atoms with Crippen molar-refractivity contribution in [3.8, 4) is 0 Å². The first-order chi connectivity index (χ1) is 16.4. The summed E-state index contributed by atoms with van der Waals surface area (Å²) >= 11 is 7.50. The van der Waals surface area contributed by atoms with Crippen LogP contribution < -0.4 is 5.32 Å². The molecule has 0 radical (unpaired) electrons. The minimum Gasteiger partial charge on any atom is -0.395 e. The highest BCUT2D eigenvalue weighted by Crippen LogP contribution is 2.32. The summed E-state index contributed by atoms with van der Waals surface area (Å²) in [4.78, 5) is 19.5. The maximum atomic E-state index is 12.6. The van der Waals surface area contributed by atoms with Crippen LogP contribution in [-0.4, -0.2) is 63.1 Å². The van der Waals surface area contributed by atoms with Crippen LogP contribution in [-0.2, 0) is 11.3 Å². The quantitative estimate of drug-likeness (QED) is 0.538. The molecule has 0 saturated carbocycles. The van der Waals surface area contributed by atoms with Crippen LogP contribution in [0.4, 0.5) is 0 Å². The number of amides is 1. The van der Waals surface area contributed by atoms with Gasteiger partial charge >= 0.3 is 0 Å². The molecule has 34 heavy (non-hydrogen) atoms. The number of fused-ring (bicyclic) bond motifs is 1. The van der Waals surface area contributed by atoms with Gasteiger partial charge < -0.3 is 15.3 Å². The number of aryl methyl sites for hydroxylation is 2. The van der Waals surface area contributed by atoms with Crippen LogP contribution in [0.3, 0.4) is 0 Å². The first kappa shape index (κ1) is 23.1. The number of benzene rings is 2. The summed E-state index contributed by atoms with van der Waals surface area (Å²) in [5, 5.41) is 20.0. The van der Waals surface area contributed by atoms with E-state index in [4.69, 9.17) is 16.7 Å². The molecule has 2 aliphatic rings. The Bertz CT molecular complexity index is 1330. The summed E-state index contributed by atoms with van der Waals surface area (Å²) in [6.45, 7) is 6.95. The summed E-state index contributed by atoms with van der Waals surface area (Å²) in [6, 6.07) is 12.1. The molecule has 1 saturated heterocycles. The standard InChI is InChI=1S/C25H26ClN5O2S/c1-15-9-19(26)5-4-18(15)12-31-22-6-3-17(10-21(22)16(2)29-31)11-23-24(33)28-25(34-23)30-8-7-27-20(13-30)14-32/h3-6,9-11,20,27,32H,7-8,12-14H2,1-2H3/b23-11-/t20-/m0/s1. The molecule has 0 spiro atoms. The average Bonchev–Trinajstić information content (AvgIpc) is 3.35. The highest BCUT2D eigenvalue weighted by molar-refractivity contribution is 8.18. The van der Waals surface area contributed by atoms with E-state index in [0.29, 0.717) is 23.2 Å². The molecule has 0 bridgehead atoms. The van der Waals surface area contributed by atoms with Crippen molar-refractivity contribution in [2.45, 2.75) is 26.4 Å². The fourth-order valence-corrected chi connectivity index (χ4v) is 5.55. The monoisotopic (exact) mass is 495 g/mol. The fraction of sp³-hybridized carbons (Fsp3) is 0.320. The molecule has 9 heteroatoms. The second-order valence-corrected chi connectivity index (χ2v) is 10.1. The Kier molecular flexibility index (Phi) is 6.48. The minimum atomic E-state index is -0.218. The van der Waals surface area contributed by atoms with E-state index in [9.17, 15) is 9.90 Å². The number of aromatic nitrogens is 2. The summed E-state index contributed by atoms with van der Waals surface area (Å²) in [7, 11) is 0. The molecule has 2 N–H and O–H groups in total. The number of aliphatic hydroxyl groups is 1. The largest absolute Gasteiger partial charge is 0.395 e. The van der Waals surface area contributed by atoms with Gasteiger partial charge in [-0.2, -0.15) is 10.1 Å². The molecular weight excluding hydrogens is 470 g/mol. The van der Waals surface area contributed by atoms with Crippen molar-refractivity contribution in [2.24, 2.45) is 4.99 Å². The number of piperazine rings is 1. The summed E-state index contributed by atoms with van der Waals surface area (Å²) < 4.78 is 2.01. The van der Waals surface area contributed by atoms with Crippen LogP contribution in [0.5, 0.6) is 0 Å².